The molecule has 0 amide bonds. The van der Waals surface area contributed by atoms with Gasteiger partial charge in [0.1, 0.15) is 5.82 Å². The fourth-order valence-corrected chi connectivity index (χ4v) is 4.27. The monoisotopic (exact) mass is 301 g/mol. The summed E-state index contributed by atoms with van der Waals surface area (Å²) >= 11 is 1.94. The third-order valence-electron chi connectivity index (χ3n) is 3.89. The summed E-state index contributed by atoms with van der Waals surface area (Å²) in [5, 5.41) is 4.11. The van der Waals surface area contributed by atoms with Gasteiger partial charge in [-0.3, -0.25) is 0 Å². The molecule has 0 aliphatic carbocycles. The van der Waals surface area contributed by atoms with Crippen LogP contribution in [0, 0.1) is 5.82 Å². The second-order valence-electron chi connectivity index (χ2n) is 5.45. The van der Waals surface area contributed by atoms with Gasteiger partial charge in [-0.05, 0) is 48.7 Å². The number of fused-ring (bicyclic) bond motifs is 1. The van der Waals surface area contributed by atoms with Gasteiger partial charge in [0.25, 0.3) is 0 Å². The Hall–Kier alpha value is -1.32. The molecule has 1 N–H and O–H groups in total. The Morgan fingerprint density at radius 3 is 2.67 bits per heavy atom. The molecule has 2 unspecified atom stereocenters. The zero-order valence-electron chi connectivity index (χ0n) is 12.2. The smallest absolute Gasteiger partial charge is 0.123 e. The summed E-state index contributed by atoms with van der Waals surface area (Å²) in [6.07, 6.45) is 2.17. The van der Waals surface area contributed by atoms with E-state index in [-0.39, 0.29) is 11.9 Å². The molecule has 1 heterocycles. The first-order chi connectivity index (χ1) is 10.3. The van der Waals surface area contributed by atoms with Crippen LogP contribution in [0.2, 0.25) is 0 Å². The average Bonchev–Trinajstić information content (AvgIpc) is 2.93. The minimum atomic E-state index is -0.171. The molecule has 0 fully saturated rings. The molecule has 3 heteroatoms. The van der Waals surface area contributed by atoms with Crippen molar-refractivity contribution in [2.75, 3.05) is 6.54 Å². The van der Waals surface area contributed by atoms with E-state index in [1.54, 1.807) is 12.1 Å². The van der Waals surface area contributed by atoms with Crippen LogP contribution in [-0.4, -0.2) is 11.8 Å². The van der Waals surface area contributed by atoms with Crippen molar-refractivity contribution in [2.24, 2.45) is 0 Å². The Kier molecular flexibility index (Phi) is 4.61. The normalized spacial score (nSPS) is 18.5. The van der Waals surface area contributed by atoms with Gasteiger partial charge in [0.05, 0.1) is 0 Å². The Bertz CT molecular complexity index is 571. The second-order valence-corrected chi connectivity index (χ2v) is 6.73. The molecule has 0 aromatic heterocycles. The number of benzene rings is 2. The number of rotatable bonds is 5. The molecular weight excluding hydrogens is 281 g/mol. The Morgan fingerprint density at radius 2 is 1.95 bits per heavy atom. The number of hydrogen-bond acceptors (Lipinski definition) is 2. The van der Waals surface area contributed by atoms with Crippen LogP contribution in [0.3, 0.4) is 0 Å². The molecule has 1 aliphatic heterocycles. The lowest BCUT2D eigenvalue weighted by Gasteiger charge is -2.24. The van der Waals surface area contributed by atoms with Gasteiger partial charge in [-0.2, -0.15) is 0 Å². The average molecular weight is 301 g/mol. The SMILES string of the molecule is CCCNC(c1ccc(F)cc1)C1Cc2ccccc2S1. The minimum absolute atomic E-state index is 0.171. The van der Waals surface area contributed by atoms with Crippen molar-refractivity contribution >= 4 is 11.8 Å². The summed E-state index contributed by atoms with van der Waals surface area (Å²) in [7, 11) is 0. The topological polar surface area (TPSA) is 12.0 Å². The van der Waals surface area contributed by atoms with Crippen LogP contribution in [0.4, 0.5) is 4.39 Å². The fourth-order valence-electron chi connectivity index (χ4n) is 2.83. The highest BCUT2D eigenvalue weighted by Crippen LogP contribution is 2.42. The summed E-state index contributed by atoms with van der Waals surface area (Å²) in [4.78, 5) is 1.38. The van der Waals surface area contributed by atoms with Crippen molar-refractivity contribution in [3.8, 4) is 0 Å². The van der Waals surface area contributed by atoms with Crippen LogP contribution < -0.4 is 5.32 Å². The van der Waals surface area contributed by atoms with Crippen LogP contribution >= 0.6 is 11.8 Å². The number of thioether (sulfide) groups is 1. The molecule has 0 saturated heterocycles. The number of hydrogen-bond donors (Lipinski definition) is 1. The van der Waals surface area contributed by atoms with Crippen LogP contribution in [0.15, 0.2) is 53.4 Å². The van der Waals surface area contributed by atoms with Gasteiger partial charge in [0.2, 0.25) is 0 Å². The van der Waals surface area contributed by atoms with Gasteiger partial charge in [-0.15, -0.1) is 11.8 Å². The van der Waals surface area contributed by atoms with E-state index in [9.17, 15) is 4.39 Å². The van der Waals surface area contributed by atoms with E-state index in [1.165, 1.54) is 16.0 Å². The first-order valence-corrected chi connectivity index (χ1v) is 8.39. The van der Waals surface area contributed by atoms with E-state index in [0.717, 1.165) is 19.4 Å². The lowest BCUT2D eigenvalue weighted by atomic mass is 9.98. The molecule has 0 saturated carbocycles. The summed E-state index contributed by atoms with van der Waals surface area (Å²) in [6, 6.07) is 15.8. The van der Waals surface area contributed by atoms with Gasteiger partial charge in [0.15, 0.2) is 0 Å². The van der Waals surface area contributed by atoms with E-state index in [2.05, 4.69) is 36.5 Å². The lowest BCUT2D eigenvalue weighted by molar-refractivity contribution is 0.512. The van der Waals surface area contributed by atoms with E-state index < -0.39 is 0 Å². The Labute approximate surface area is 130 Å². The standard InChI is InChI=1S/C18H20FNS/c1-2-11-20-18(13-7-9-15(19)10-8-13)17-12-14-5-3-4-6-16(14)21-17/h3-10,17-18,20H,2,11-12H2,1H3. The first kappa shape index (κ1) is 14.6. The molecule has 0 bridgehead atoms. The maximum atomic E-state index is 13.2. The van der Waals surface area contributed by atoms with Crippen molar-refractivity contribution in [2.45, 2.75) is 36.0 Å². The Morgan fingerprint density at radius 1 is 1.19 bits per heavy atom. The zero-order valence-corrected chi connectivity index (χ0v) is 13.0. The van der Waals surface area contributed by atoms with Crippen molar-refractivity contribution in [1.29, 1.82) is 0 Å². The summed E-state index contributed by atoms with van der Waals surface area (Å²) in [6.45, 7) is 3.15. The number of nitrogens with one attached hydrogen (secondary N) is 1. The minimum Gasteiger partial charge on any atom is -0.309 e. The van der Waals surface area contributed by atoms with Crippen LogP contribution in [0.5, 0.6) is 0 Å². The zero-order chi connectivity index (χ0) is 14.7. The Balaban J connectivity index is 1.82. The van der Waals surface area contributed by atoms with E-state index in [1.807, 2.05) is 23.9 Å². The number of halogens is 1. The molecule has 2 aromatic carbocycles. The molecule has 1 nitrogen and oxygen atoms in total. The highest BCUT2D eigenvalue weighted by Gasteiger charge is 2.29. The summed E-state index contributed by atoms with van der Waals surface area (Å²) in [5.74, 6) is -0.171. The van der Waals surface area contributed by atoms with E-state index in [4.69, 9.17) is 0 Å². The van der Waals surface area contributed by atoms with Gasteiger partial charge >= 0.3 is 0 Å². The summed E-state index contributed by atoms with van der Waals surface area (Å²) < 4.78 is 13.2. The largest absolute Gasteiger partial charge is 0.309 e. The molecule has 21 heavy (non-hydrogen) atoms. The van der Waals surface area contributed by atoms with Crippen molar-refractivity contribution in [3.63, 3.8) is 0 Å². The molecule has 110 valence electrons. The highest BCUT2D eigenvalue weighted by atomic mass is 32.2. The van der Waals surface area contributed by atoms with Crippen molar-refractivity contribution in [1.82, 2.24) is 5.32 Å². The maximum Gasteiger partial charge on any atom is 0.123 e. The van der Waals surface area contributed by atoms with Gasteiger partial charge in [-0.1, -0.05) is 37.3 Å². The van der Waals surface area contributed by atoms with Crippen LogP contribution in [-0.2, 0) is 6.42 Å². The van der Waals surface area contributed by atoms with Crippen LogP contribution in [0.1, 0.15) is 30.5 Å². The first-order valence-electron chi connectivity index (χ1n) is 7.51. The maximum absolute atomic E-state index is 13.2. The molecule has 0 radical (unpaired) electrons. The van der Waals surface area contributed by atoms with E-state index >= 15 is 0 Å². The van der Waals surface area contributed by atoms with Gasteiger partial charge in [-0.25, -0.2) is 4.39 Å². The lowest BCUT2D eigenvalue weighted by Crippen LogP contribution is -2.30. The fraction of sp³-hybridized carbons (Fsp3) is 0.333. The molecular formula is C18H20FNS. The third kappa shape index (κ3) is 3.30. The highest BCUT2D eigenvalue weighted by molar-refractivity contribution is 8.00. The molecule has 2 aromatic rings. The van der Waals surface area contributed by atoms with Crippen molar-refractivity contribution < 1.29 is 4.39 Å². The van der Waals surface area contributed by atoms with Gasteiger partial charge in [0, 0.05) is 16.2 Å². The summed E-state index contributed by atoms with van der Waals surface area (Å²) in [5.41, 5.74) is 2.60. The van der Waals surface area contributed by atoms with Crippen LogP contribution in [0.25, 0.3) is 0 Å². The van der Waals surface area contributed by atoms with Gasteiger partial charge < -0.3 is 5.32 Å². The molecule has 0 spiro atoms. The molecule has 3 rings (SSSR count). The van der Waals surface area contributed by atoms with E-state index in [0.29, 0.717) is 5.25 Å². The quantitative estimate of drug-likeness (QED) is 0.867. The van der Waals surface area contributed by atoms with Crippen molar-refractivity contribution in [3.05, 3.63) is 65.5 Å². The second kappa shape index (κ2) is 6.63. The molecule has 2 atom stereocenters. The predicted molar refractivity (Wildman–Crippen MR) is 87.2 cm³/mol. The third-order valence-corrected chi connectivity index (χ3v) is 5.28. The predicted octanol–water partition coefficient (Wildman–Crippen LogP) is 4.58. The molecule has 1 aliphatic rings.